The Morgan fingerprint density at radius 3 is 2.48 bits per heavy atom. The molecule has 2 aromatic rings. The number of hydrogen-bond acceptors (Lipinski definition) is 3. The summed E-state index contributed by atoms with van der Waals surface area (Å²) in [5.74, 6) is 0.698. The number of halogens is 3. The van der Waals surface area contributed by atoms with Crippen LogP contribution in [0.25, 0.3) is 0 Å². The molecule has 2 aromatic carbocycles. The van der Waals surface area contributed by atoms with Crippen molar-refractivity contribution in [2.45, 2.75) is 23.9 Å². The van der Waals surface area contributed by atoms with E-state index >= 15 is 0 Å². The van der Waals surface area contributed by atoms with E-state index in [1.807, 2.05) is 0 Å². The number of rotatable bonds is 5. The Labute approximate surface area is 143 Å². The topological polar surface area (TPSA) is 55.4 Å². The predicted octanol–water partition coefficient (Wildman–Crippen LogP) is 3.16. The molecule has 0 saturated carbocycles. The van der Waals surface area contributed by atoms with Crippen molar-refractivity contribution >= 4 is 10.0 Å². The van der Waals surface area contributed by atoms with Crippen LogP contribution in [0.15, 0.2) is 47.4 Å². The van der Waals surface area contributed by atoms with E-state index < -0.39 is 21.8 Å². The fourth-order valence-corrected chi connectivity index (χ4v) is 3.69. The van der Waals surface area contributed by atoms with Gasteiger partial charge in [-0.15, -0.1) is 0 Å². The summed E-state index contributed by atoms with van der Waals surface area (Å²) >= 11 is 0. The zero-order valence-corrected chi connectivity index (χ0v) is 14.0. The van der Waals surface area contributed by atoms with Crippen LogP contribution in [0.4, 0.5) is 13.2 Å². The molecule has 0 aliphatic carbocycles. The molecule has 1 N–H and O–H groups in total. The van der Waals surface area contributed by atoms with Crippen LogP contribution in [0.5, 0.6) is 5.75 Å². The number of ether oxygens (including phenoxy) is 1. The Kier molecular flexibility index (Phi) is 4.75. The van der Waals surface area contributed by atoms with Crippen molar-refractivity contribution in [3.63, 3.8) is 0 Å². The van der Waals surface area contributed by atoms with Gasteiger partial charge in [0.05, 0.1) is 17.1 Å². The summed E-state index contributed by atoms with van der Waals surface area (Å²) in [5.41, 5.74) is 0.751. The number of fused-ring (bicyclic) bond motifs is 1. The molecule has 3 rings (SSSR count). The molecule has 25 heavy (non-hydrogen) atoms. The molecule has 0 spiro atoms. The second-order valence-electron chi connectivity index (χ2n) is 5.71. The molecule has 0 bridgehead atoms. The molecule has 1 aliphatic rings. The standard InChI is InChI=1S/C17H16F3NO3S/c18-17(19,20)14-3-1-12(2-4-14)7-9-21-25(22,23)15-5-6-16-13(11-15)8-10-24-16/h1-6,11,21H,7-10H2. The highest BCUT2D eigenvalue weighted by atomic mass is 32.2. The number of benzene rings is 2. The quantitative estimate of drug-likeness (QED) is 0.878. The minimum absolute atomic E-state index is 0.0985. The minimum Gasteiger partial charge on any atom is -0.493 e. The fraction of sp³-hybridized carbons (Fsp3) is 0.294. The van der Waals surface area contributed by atoms with Crippen LogP contribution in [-0.4, -0.2) is 21.6 Å². The third kappa shape index (κ3) is 4.13. The van der Waals surface area contributed by atoms with Crippen molar-refractivity contribution in [3.8, 4) is 5.75 Å². The Morgan fingerprint density at radius 1 is 1.08 bits per heavy atom. The molecule has 8 heteroatoms. The van der Waals surface area contributed by atoms with Gasteiger partial charge in [0.1, 0.15) is 5.75 Å². The maximum absolute atomic E-state index is 12.5. The third-order valence-corrected chi connectivity index (χ3v) is 5.42. The summed E-state index contributed by atoms with van der Waals surface area (Å²) in [4.78, 5) is 0.157. The molecular formula is C17H16F3NO3S. The van der Waals surface area contributed by atoms with Crippen molar-refractivity contribution in [1.82, 2.24) is 4.72 Å². The van der Waals surface area contributed by atoms with Crippen LogP contribution in [0.3, 0.4) is 0 Å². The zero-order chi connectivity index (χ0) is 18.1. The first kappa shape index (κ1) is 17.8. The molecule has 134 valence electrons. The number of sulfonamides is 1. The fourth-order valence-electron chi connectivity index (χ4n) is 2.60. The van der Waals surface area contributed by atoms with Crippen LogP contribution < -0.4 is 9.46 Å². The largest absolute Gasteiger partial charge is 0.493 e. The maximum atomic E-state index is 12.5. The normalized spacial score (nSPS) is 14.2. The summed E-state index contributed by atoms with van der Waals surface area (Å²) in [6.45, 7) is 0.640. The van der Waals surface area contributed by atoms with E-state index in [0.717, 1.165) is 17.7 Å². The first-order chi connectivity index (χ1) is 11.8. The minimum atomic E-state index is -4.38. The summed E-state index contributed by atoms with van der Waals surface area (Å²) < 4.78 is 70.0. The van der Waals surface area contributed by atoms with Crippen molar-refractivity contribution in [2.24, 2.45) is 0 Å². The molecule has 0 amide bonds. The van der Waals surface area contributed by atoms with E-state index in [0.29, 0.717) is 30.8 Å². The molecule has 0 radical (unpaired) electrons. The van der Waals surface area contributed by atoms with Gasteiger partial charge in [-0.2, -0.15) is 13.2 Å². The molecule has 0 saturated heterocycles. The van der Waals surface area contributed by atoms with Gasteiger partial charge in [-0.1, -0.05) is 12.1 Å². The first-order valence-electron chi connectivity index (χ1n) is 7.67. The first-order valence-corrected chi connectivity index (χ1v) is 9.15. The molecule has 1 aliphatic heterocycles. The van der Waals surface area contributed by atoms with Crippen LogP contribution in [0.1, 0.15) is 16.7 Å². The monoisotopic (exact) mass is 371 g/mol. The highest BCUT2D eigenvalue weighted by Crippen LogP contribution is 2.29. The Balaban J connectivity index is 1.61. The van der Waals surface area contributed by atoms with E-state index in [4.69, 9.17) is 4.74 Å². The van der Waals surface area contributed by atoms with Gasteiger partial charge >= 0.3 is 6.18 Å². The Hall–Kier alpha value is -2.06. The molecule has 0 aromatic heterocycles. The summed E-state index contributed by atoms with van der Waals surface area (Å²) in [6.07, 6.45) is -3.41. The van der Waals surface area contributed by atoms with Crippen LogP contribution in [0, 0.1) is 0 Å². The summed E-state index contributed by atoms with van der Waals surface area (Å²) in [5, 5.41) is 0. The summed E-state index contributed by atoms with van der Waals surface area (Å²) in [6, 6.07) is 9.38. The Bertz CT molecular complexity index is 862. The van der Waals surface area contributed by atoms with Gasteiger partial charge in [0.25, 0.3) is 0 Å². The third-order valence-electron chi connectivity index (χ3n) is 3.96. The van der Waals surface area contributed by atoms with E-state index in [9.17, 15) is 21.6 Å². The highest BCUT2D eigenvalue weighted by Gasteiger charge is 2.29. The molecule has 4 nitrogen and oxygen atoms in total. The van der Waals surface area contributed by atoms with Gasteiger partial charge in [0.2, 0.25) is 10.0 Å². The van der Waals surface area contributed by atoms with Crippen molar-refractivity contribution in [1.29, 1.82) is 0 Å². The van der Waals surface area contributed by atoms with Crippen molar-refractivity contribution in [2.75, 3.05) is 13.2 Å². The van der Waals surface area contributed by atoms with Crippen LogP contribution >= 0.6 is 0 Å². The Morgan fingerprint density at radius 2 is 1.80 bits per heavy atom. The second kappa shape index (κ2) is 6.68. The van der Waals surface area contributed by atoms with E-state index in [1.165, 1.54) is 18.2 Å². The molecule has 1 heterocycles. The van der Waals surface area contributed by atoms with Gasteiger partial charge in [0, 0.05) is 13.0 Å². The smallest absolute Gasteiger partial charge is 0.416 e. The van der Waals surface area contributed by atoms with E-state index in [2.05, 4.69) is 4.72 Å². The van der Waals surface area contributed by atoms with E-state index in [1.54, 1.807) is 12.1 Å². The van der Waals surface area contributed by atoms with Gasteiger partial charge < -0.3 is 4.74 Å². The molecule has 0 unspecified atom stereocenters. The van der Waals surface area contributed by atoms with Gasteiger partial charge in [-0.25, -0.2) is 13.1 Å². The zero-order valence-electron chi connectivity index (χ0n) is 13.1. The lowest BCUT2D eigenvalue weighted by atomic mass is 10.1. The number of hydrogen-bond donors (Lipinski definition) is 1. The lowest BCUT2D eigenvalue weighted by Gasteiger charge is -2.09. The van der Waals surface area contributed by atoms with Gasteiger partial charge in [-0.05, 0) is 47.9 Å². The van der Waals surface area contributed by atoms with Crippen LogP contribution in [-0.2, 0) is 29.0 Å². The van der Waals surface area contributed by atoms with Gasteiger partial charge in [-0.3, -0.25) is 0 Å². The lowest BCUT2D eigenvalue weighted by Crippen LogP contribution is -2.26. The van der Waals surface area contributed by atoms with Crippen molar-refractivity contribution < 1.29 is 26.3 Å². The predicted molar refractivity (Wildman–Crippen MR) is 86.0 cm³/mol. The highest BCUT2D eigenvalue weighted by molar-refractivity contribution is 7.89. The average molecular weight is 371 g/mol. The number of alkyl halides is 3. The van der Waals surface area contributed by atoms with Gasteiger partial charge in [0.15, 0.2) is 0 Å². The van der Waals surface area contributed by atoms with Crippen molar-refractivity contribution in [3.05, 3.63) is 59.2 Å². The maximum Gasteiger partial charge on any atom is 0.416 e. The molecule has 0 fully saturated rings. The molecule has 0 atom stereocenters. The summed E-state index contributed by atoms with van der Waals surface area (Å²) in [7, 11) is -3.67. The van der Waals surface area contributed by atoms with Crippen LogP contribution in [0.2, 0.25) is 0 Å². The lowest BCUT2D eigenvalue weighted by molar-refractivity contribution is -0.137. The second-order valence-corrected chi connectivity index (χ2v) is 7.48. The number of nitrogens with one attached hydrogen (secondary N) is 1. The SMILES string of the molecule is O=S(=O)(NCCc1ccc(C(F)(F)F)cc1)c1ccc2c(c1)CCO2. The molecular weight excluding hydrogens is 355 g/mol. The average Bonchev–Trinajstić information content (AvgIpc) is 3.02. The van der Waals surface area contributed by atoms with E-state index in [-0.39, 0.29) is 11.4 Å².